The molecular formula is C19H25FN4O2. The smallest absolute Gasteiger partial charge is 0.123 e. The quantitative estimate of drug-likeness (QED) is 0.344. The number of nitrogens with zero attached hydrogens (tertiary/aromatic N) is 1. The van der Waals surface area contributed by atoms with Crippen LogP contribution in [0.5, 0.6) is 0 Å². The molecule has 1 aromatic carbocycles. The lowest BCUT2D eigenvalue weighted by Gasteiger charge is -2.16. The number of benzene rings is 1. The van der Waals surface area contributed by atoms with E-state index in [1.807, 2.05) is 0 Å². The van der Waals surface area contributed by atoms with Gasteiger partial charge in [-0.15, -0.1) is 0 Å². The van der Waals surface area contributed by atoms with Crippen LogP contribution in [-0.2, 0) is 16.1 Å². The molecule has 7 heteroatoms. The molecule has 0 aliphatic rings. The summed E-state index contributed by atoms with van der Waals surface area (Å²) >= 11 is 0. The van der Waals surface area contributed by atoms with E-state index in [0.29, 0.717) is 36.0 Å². The van der Waals surface area contributed by atoms with Crippen molar-refractivity contribution in [2.24, 2.45) is 0 Å². The number of nitrogen functional groups attached to an aromatic ring is 1. The number of hydrogen-bond acceptors (Lipinski definition) is 6. The number of anilines is 1. The molecule has 1 heterocycles. The van der Waals surface area contributed by atoms with Gasteiger partial charge in [0, 0.05) is 18.7 Å². The van der Waals surface area contributed by atoms with E-state index in [-0.39, 0.29) is 18.4 Å². The number of methoxy groups -OCH3 is 1. The van der Waals surface area contributed by atoms with Crippen LogP contribution >= 0.6 is 0 Å². The van der Waals surface area contributed by atoms with E-state index in [2.05, 4.69) is 17.2 Å². The third-order valence-corrected chi connectivity index (χ3v) is 3.92. The van der Waals surface area contributed by atoms with Crippen LogP contribution < -0.4 is 11.1 Å². The van der Waals surface area contributed by atoms with Gasteiger partial charge in [0.15, 0.2) is 0 Å². The van der Waals surface area contributed by atoms with Crippen LogP contribution in [-0.4, -0.2) is 37.2 Å². The highest BCUT2D eigenvalue weighted by atomic mass is 19.1. The fourth-order valence-electron chi connectivity index (χ4n) is 2.43. The summed E-state index contributed by atoms with van der Waals surface area (Å²) in [6.45, 7) is 3.34. The average Bonchev–Trinajstić information content (AvgIpc) is 2.65. The maximum atomic E-state index is 13.4. The van der Waals surface area contributed by atoms with Gasteiger partial charge in [0.1, 0.15) is 11.5 Å². The highest BCUT2D eigenvalue weighted by Crippen LogP contribution is 2.16. The molecule has 0 amide bonds. The van der Waals surface area contributed by atoms with Gasteiger partial charge in [-0.1, -0.05) is 19.1 Å². The van der Waals surface area contributed by atoms with E-state index in [4.69, 9.17) is 20.6 Å². The summed E-state index contributed by atoms with van der Waals surface area (Å²) < 4.78 is 24.1. The minimum absolute atomic E-state index is 0.0770. The molecule has 0 saturated carbocycles. The van der Waals surface area contributed by atoms with Crippen molar-refractivity contribution in [1.82, 2.24) is 10.3 Å². The van der Waals surface area contributed by atoms with E-state index >= 15 is 0 Å². The molecule has 2 rings (SSSR count). The molecule has 4 N–H and O–H groups in total. The summed E-state index contributed by atoms with van der Waals surface area (Å²) in [7, 11) is 1.67. The van der Waals surface area contributed by atoms with E-state index in [1.165, 1.54) is 12.1 Å². The zero-order valence-corrected chi connectivity index (χ0v) is 15.1. The number of halogens is 1. The van der Waals surface area contributed by atoms with Crippen molar-refractivity contribution < 1.29 is 13.9 Å². The predicted molar refractivity (Wildman–Crippen MR) is 99.7 cm³/mol. The van der Waals surface area contributed by atoms with Gasteiger partial charge in [0.25, 0.3) is 0 Å². The molecule has 0 aliphatic heterocycles. The number of nitrogens with two attached hydrogens (primary N) is 1. The SMILES string of the molecule is CCC(COC)NCOCc1ccc(N)c(C(=N)c2cccc(F)c2)n1. The Morgan fingerprint density at radius 3 is 2.85 bits per heavy atom. The third-order valence-electron chi connectivity index (χ3n) is 3.92. The first kappa shape index (κ1) is 20.0. The van der Waals surface area contributed by atoms with Crippen LogP contribution in [0.25, 0.3) is 0 Å². The maximum absolute atomic E-state index is 13.4. The van der Waals surface area contributed by atoms with Gasteiger partial charge < -0.3 is 15.2 Å². The zero-order valence-electron chi connectivity index (χ0n) is 15.1. The third kappa shape index (κ3) is 5.59. The minimum Gasteiger partial charge on any atom is -0.397 e. The molecule has 1 aromatic heterocycles. The normalized spacial score (nSPS) is 12.1. The summed E-state index contributed by atoms with van der Waals surface area (Å²) in [5.74, 6) is -0.405. The fraction of sp³-hybridized carbons (Fsp3) is 0.368. The Bertz CT molecular complexity index is 739. The number of rotatable bonds is 10. The predicted octanol–water partition coefficient (Wildman–Crippen LogP) is 2.71. The van der Waals surface area contributed by atoms with Crippen molar-refractivity contribution in [3.05, 3.63) is 59.2 Å². The molecule has 0 saturated heterocycles. The summed E-state index contributed by atoms with van der Waals surface area (Å²) in [6, 6.07) is 9.50. The Morgan fingerprint density at radius 2 is 2.15 bits per heavy atom. The van der Waals surface area contributed by atoms with E-state index in [9.17, 15) is 4.39 Å². The number of aromatic nitrogens is 1. The lowest BCUT2D eigenvalue weighted by atomic mass is 10.1. The van der Waals surface area contributed by atoms with Crippen molar-refractivity contribution in [3.8, 4) is 0 Å². The van der Waals surface area contributed by atoms with E-state index in [1.54, 1.807) is 31.4 Å². The van der Waals surface area contributed by atoms with Gasteiger partial charge in [0.05, 0.1) is 37.0 Å². The largest absolute Gasteiger partial charge is 0.397 e. The van der Waals surface area contributed by atoms with Crippen LogP contribution in [0.1, 0.15) is 30.3 Å². The first-order valence-corrected chi connectivity index (χ1v) is 8.45. The number of pyridine rings is 1. The van der Waals surface area contributed by atoms with Crippen LogP contribution in [0.15, 0.2) is 36.4 Å². The van der Waals surface area contributed by atoms with Crippen LogP contribution in [0, 0.1) is 11.2 Å². The Kier molecular flexibility index (Phi) is 7.65. The van der Waals surface area contributed by atoms with Crippen molar-refractivity contribution >= 4 is 11.4 Å². The van der Waals surface area contributed by atoms with Crippen LogP contribution in [0.3, 0.4) is 0 Å². The molecule has 0 spiro atoms. The molecule has 1 unspecified atom stereocenters. The monoisotopic (exact) mass is 360 g/mol. The average molecular weight is 360 g/mol. The first-order chi connectivity index (χ1) is 12.5. The summed E-state index contributed by atoms with van der Waals surface area (Å²) in [4.78, 5) is 4.40. The summed E-state index contributed by atoms with van der Waals surface area (Å²) in [5.41, 5.74) is 7.78. The van der Waals surface area contributed by atoms with Gasteiger partial charge in [-0.3, -0.25) is 10.7 Å². The number of ether oxygens (including phenoxy) is 2. The highest BCUT2D eigenvalue weighted by molar-refractivity contribution is 6.12. The topological polar surface area (TPSA) is 93.2 Å². The lowest BCUT2D eigenvalue weighted by Crippen LogP contribution is -2.34. The minimum atomic E-state index is -0.405. The van der Waals surface area contributed by atoms with Crippen molar-refractivity contribution in [2.45, 2.75) is 26.0 Å². The molecular weight excluding hydrogens is 335 g/mol. The Hall–Kier alpha value is -2.35. The number of nitrogens with one attached hydrogen (secondary N) is 2. The first-order valence-electron chi connectivity index (χ1n) is 8.45. The molecule has 0 aliphatic carbocycles. The Balaban J connectivity index is 2.00. The van der Waals surface area contributed by atoms with Crippen LogP contribution in [0.4, 0.5) is 10.1 Å². The van der Waals surface area contributed by atoms with Gasteiger partial charge in [-0.25, -0.2) is 9.37 Å². The van der Waals surface area contributed by atoms with Crippen molar-refractivity contribution in [1.29, 1.82) is 5.41 Å². The van der Waals surface area contributed by atoms with Crippen molar-refractivity contribution in [2.75, 3.05) is 26.2 Å². The van der Waals surface area contributed by atoms with Crippen LogP contribution in [0.2, 0.25) is 0 Å². The molecule has 26 heavy (non-hydrogen) atoms. The van der Waals surface area contributed by atoms with E-state index < -0.39 is 5.82 Å². The van der Waals surface area contributed by atoms with Gasteiger partial charge >= 0.3 is 0 Å². The molecule has 1 atom stereocenters. The summed E-state index contributed by atoms with van der Waals surface area (Å²) in [6.07, 6.45) is 0.937. The summed E-state index contributed by atoms with van der Waals surface area (Å²) in [5, 5.41) is 11.5. The zero-order chi connectivity index (χ0) is 18.9. The highest BCUT2D eigenvalue weighted by Gasteiger charge is 2.12. The maximum Gasteiger partial charge on any atom is 0.123 e. The molecule has 0 fully saturated rings. The molecule has 0 radical (unpaired) electrons. The van der Waals surface area contributed by atoms with Gasteiger partial charge in [-0.2, -0.15) is 0 Å². The fourth-order valence-corrected chi connectivity index (χ4v) is 2.43. The van der Waals surface area contributed by atoms with E-state index in [0.717, 1.165) is 6.42 Å². The second kappa shape index (κ2) is 9.96. The Morgan fingerprint density at radius 1 is 1.35 bits per heavy atom. The second-order valence-corrected chi connectivity index (χ2v) is 5.88. The molecule has 6 nitrogen and oxygen atoms in total. The van der Waals surface area contributed by atoms with Gasteiger partial charge in [0.2, 0.25) is 0 Å². The Labute approximate surface area is 153 Å². The standard InChI is InChI=1S/C19H25FN4O2/c1-3-15(10-25-2)23-12-26-11-16-7-8-17(21)19(24-16)18(22)13-5-4-6-14(20)9-13/h4-9,15,22-23H,3,10-12,21H2,1-2H3. The molecule has 2 aromatic rings. The van der Waals surface area contributed by atoms with Gasteiger partial charge in [-0.05, 0) is 30.7 Å². The number of hydrogen-bond donors (Lipinski definition) is 3. The van der Waals surface area contributed by atoms with Crippen molar-refractivity contribution in [3.63, 3.8) is 0 Å². The molecule has 0 bridgehead atoms. The lowest BCUT2D eigenvalue weighted by molar-refractivity contribution is 0.0766. The molecule has 140 valence electrons. The second-order valence-electron chi connectivity index (χ2n) is 5.88.